The Labute approximate surface area is 125 Å². The van der Waals surface area contributed by atoms with Crippen molar-refractivity contribution in [1.29, 1.82) is 0 Å². The summed E-state index contributed by atoms with van der Waals surface area (Å²) in [5.41, 5.74) is 0.192. The Balaban J connectivity index is 2.25. The number of ether oxygens (including phenoxy) is 1. The Morgan fingerprint density at radius 2 is 2.20 bits per heavy atom. The van der Waals surface area contributed by atoms with Gasteiger partial charge in [-0.3, -0.25) is 0 Å². The molecule has 1 fully saturated rings. The number of hydrogen-bond acceptors (Lipinski definition) is 4. The second-order valence-electron chi connectivity index (χ2n) is 5.37. The second kappa shape index (κ2) is 6.46. The molecule has 0 amide bonds. The molecule has 110 valence electrons. The number of rotatable bonds is 3. The maximum atomic E-state index is 12.3. The number of halogens is 1. The van der Waals surface area contributed by atoms with Crippen LogP contribution in [0.1, 0.15) is 19.3 Å². The van der Waals surface area contributed by atoms with E-state index in [1.54, 1.807) is 0 Å². The van der Waals surface area contributed by atoms with Gasteiger partial charge in [-0.15, -0.1) is 0 Å². The summed E-state index contributed by atoms with van der Waals surface area (Å²) in [6.45, 7) is 1.86. The molecule has 2 rings (SSSR count). The quantitative estimate of drug-likeness (QED) is 0.871. The van der Waals surface area contributed by atoms with Crippen LogP contribution < -0.4 is 5.32 Å². The third-order valence-corrected chi connectivity index (χ3v) is 4.08. The fourth-order valence-electron chi connectivity index (χ4n) is 2.69. The molecular weight excluding hydrogens is 276 g/mol. The predicted molar refractivity (Wildman–Crippen MR) is 81.2 cm³/mol. The molecule has 1 heterocycles. The van der Waals surface area contributed by atoms with Crippen LogP contribution in [0.2, 0.25) is 5.02 Å². The van der Waals surface area contributed by atoms with Crippen molar-refractivity contribution in [2.45, 2.75) is 24.8 Å². The topological polar surface area (TPSA) is 41.6 Å². The van der Waals surface area contributed by atoms with Crippen molar-refractivity contribution in [2.75, 3.05) is 32.6 Å². The number of methoxy groups -OCH3 is 1. The van der Waals surface area contributed by atoms with E-state index in [9.17, 15) is 4.79 Å². The number of esters is 1. The largest absolute Gasteiger partial charge is 0.467 e. The minimum Gasteiger partial charge on any atom is -0.467 e. The Kier molecular flexibility index (Phi) is 4.89. The van der Waals surface area contributed by atoms with Gasteiger partial charge in [-0.05, 0) is 51.1 Å². The van der Waals surface area contributed by atoms with Gasteiger partial charge in [0.2, 0.25) is 0 Å². The van der Waals surface area contributed by atoms with Gasteiger partial charge in [-0.25, -0.2) is 4.79 Å². The van der Waals surface area contributed by atoms with Crippen LogP contribution in [-0.4, -0.2) is 43.7 Å². The molecule has 0 spiro atoms. The molecule has 1 aliphatic heterocycles. The highest BCUT2D eigenvalue weighted by molar-refractivity contribution is 6.30. The fourth-order valence-corrected chi connectivity index (χ4v) is 2.88. The van der Waals surface area contributed by atoms with E-state index in [1.165, 1.54) is 7.11 Å². The molecule has 1 aromatic rings. The number of nitrogens with one attached hydrogen (secondary N) is 1. The lowest BCUT2D eigenvalue weighted by molar-refractivity contribution is -0.146. The van der Waals surface area contributed by atoms with E-state index in [0.717, 1.165) is 38.0 Å². The second-order valence-corrected chi connectivity index (χ2v) is 5.80. The number of benzene rings is 1. The van der Waals surface area contributed by atoms with Crippen LogP contribution in [0.25, 0.3) is 0 Å². The summed E-state index contributed by atoms with van der Waals surface area (Å²) >= 11 is 6.01. The number of hydrogen-bond donors (Lipinski definition) is 1. The molecule has 4 nitrogen and oxygen atoms in total. The fraction of sp³-hybridized carbons (Fsp3) is 0.533. The molecule has 5 heteroatoms. The van der Waals surface area contributed by atoms with Crippen molar-refractivity contribution in [3.63, 3.8) is 0 Å². The minimum atomic E-state index is -0.663. The third kappa shape index (κ3) is 3.44. The summed E-state index contributed by atoms with van der Waals surface area (Å²) in [4.78, 5) is 14.5. The van der Waals surface area contributed by atoms with E-state index in [1.807, 2.05) is 24.3 Å². The van der Waals surface area contributed by atoms with Gasteiger partial charge >= 0.3 is 5.97 Å². The summed E-state index contributed by atoms with van der Waals surface area (Å²) in [6.07, 6.45) is 2.44. The van der Waals surface area contributed by atoms with E-state index in [4.69, 9.17) is 16.3 Å². The molecule has 1 unspecified atom stereocenters. The molecule has 20 heavy (non-hydrogen) atoms. The van der Waals surface area contributed by atoms with Crippen LogP contribution in [0.3, 0.4) is 0 Å². The van der Waals surface area contributed by atoms with Gasteiger partial charge in [-0.2, -0.15) is 0 Å². The molecule has 0 radical (unpaired) electrons. The molecule has 0 bridgehead atoms. The standard InChI is InChI=1S/C15H21ClN2O2/c1-18-9-4-7-15(8-10-18,14(19)20-2)17-13-6-3-5-12(16)11-13/h3,5-6,11,17H,4,7-10H2,1-2H3. The molecule has 0 saturated carbocycles. The first-order chi connectivity index (χ1) is 9.55. The monoisotopic (exact) mass is 296 g/mol. The number of likely N-dealkylation sites (tertiary alicyclic amines) is 1. The van der Waals surface area contributed by atoms with Gasteiger partial charge in [0.15, 0.2) is 0 Å². The van der Waals surface area contributed by atoms with E-state index in [-0.39, 0.29) is 5.97 Å². The zero-order valence-electron chi connectivity index (χ0n) is 12.0. The van der Waals surface area contributed by atoms with Gasteiger partial charge in [0, 0.05) is 17.3 Å². The lowest BCUT2D eigenvalue weighted by Crippen LogP contribution is -2.47. The Hall–Kier alpha value is -1.26. The van der Waals surface area contributed by atoms with E-state index in [0.29, 0.717) is 5.02 Å². The molecule has 1 saturated heterocycles. The summed E-state index contributed by atoms with van der Waals surface area (Å²) < 4.78 is 5.03. The van der Waals surface area contributed by atoms with E-state index < -0.39 is 5.54 Å². The highest BCUT2D eigenvalue weighted by Gasteiger charge is 2.40. The first-order valence-corrected chi connectivity index (χ1v) is 7.24. The van der Waals surface area contributed by atoms with Crippen molar-refractivity contribution in [3.05, 3.63) is 29.3 Å². The zero-order chi connectivity index (χ0) is 14.6. The zero-order valence-corrected chi connectivity index (χ0v) is 12.7. The normalized spacial score (nSPS) is 23.9. The Morgan fingerprint density at radius 3 is 2.90 bits per heavy atom. The average Bonchev–Trinajstić information content (AvgIpc) is 2.61. The molecule has 1 aliphatic rings. The third-order valence-electron chi connectivity index (χ3n) is 3.85. The molecule has 0 aliphatic carbocycles. The van der Waals surface area contributed by atoms with Crippen molar-refractivity contribution in [2.24, 2.45) is 0 Å². The van der Waals surface area contributed by atoms with Gasteiger partial charge < -0.3 is 15.0 Å². The van der Waals surface area contributed by atoms with Crippen LogP contribution in [0, 0.1) is 0 Å². The maximum Gasteiger partial charge on any atom is 0.331 e. The smallest absolute Gasteiger partial charge is 0.331 e. The van der Waals surface area contributed by atoms with Gasteiger partial charge in [-0.1, -0.05) is 17.7 Å². The van der Waals surface area contributed by atoms with Crippen LogP contribution in [-0.2, 0) is 9.53 Å². The first kappa shape index (κ1) is 15.1. The van der Waals surface area contributed by atoms with Crippen molar-refractivity contribution in [3.8, 4) is 0 Å². The molecule has 0 aromatic heterocycles. The number of carbonyl (C=O) groups is 1. The van der Waals surface area contributed by atoms with Crippen LogP contribution in [0.4, 0.5) is 5.69 Å². The van der Waals surface area contributed by atoms with Crippen molar-refractivity contribution < 1.29 is 9.53 Å². The van der Waals surface area contributed by atoms with Crippen LogP contribution in [0.15, 0.2) is 24.3 Å². The van der Waals surface area contributed by atoms with E-state index >= 15 is 0 Å². The van der Waals surface area contributed by atoms with E-state index in [2.05, 4.69) is 17.3 Å². The molecule has 1 atom stereocenters. The van der Waals surface area contributed by atoms with Crippen LogP contribution in [0.5, 0.6) is 0 Å². The van der Waals surface area contributed by atoms with Crippen molar-refractivity contribution in [1.82, 2.24) is 4.90 Å². The summed E-state index contributed by atoms with van der Waals surface area (Å²) in [6, 6.07) is 7.45. The average molecular weight is 297 g/mol. The van der Waals surface area contributed by atoms with Gasteiger partial charge in [0.1, 0.15) is 5.54 Å². The van der Waals surface area contributed by atoms with Gasteiger partial charge in [0.25, 0.3) is 0 Å². The minimum absolute atomic E-state index is 0.201. The SMILES string of the molecule is COC(=O)C1(Nc2cccc(Cl)c2)CCCN(C)CC1. The van der Waals surface area contributed by atoms with Gasteiger partial charge in [0.05, 0.1) is 7.11 Å². The predicted octanol–water partition coefficient (Wildman–Crippen LogP) is 2.78. The number of carbonyl (C=O) groups excluding carboxylic acids is 1. The number of nitrogens with zero attached hydrogens (tertiary/aromatic N) is 1. The highest BCUT2D eigenvalue weighted by Crippen LogP contribution is 2.29. The van der Waals surface area contributed by atoms with Crippen molar-refractivity contribution >= 4 is 23.3 Å². The molecule has 1 aromatic carbocycles. The summed E-state index contributed by atoms with van der Waals surface area (Å²) in [5.74, 6) is -0.201. The lowest BCUT2D eigenvalue weighted by atomic mass is 9.90. The number of anilines is 1. The summed E-state index contributed by atoms with van der Waals surface area (Å²) in [7, 11) is 3.52. The highest BCUT2D eigenvalue weighted by atomic mass is 35.5. The Bertz CT molecular complexity index is 481. The molecular formula is C15H21ClN2O2. The lowest BCUT2D eigenvalue weighted by Gasteiger charge is -2.32. The first-order valence-electron chi connectivity index (χ1n) is 6.86. The molecule has 1 N–H and O–H groups in total. The maximum absolute atomic E-state index is 12.3. The Morgan fingerprint density at radius 1 is 1.40 bits per heavy atom. The van der Waals surface area contributed by atoms with Crippen LogP contribution >= 0.6 is 11.6 Å². The summed E-state index contributed by atoms with van der Waals surface area (Å²) in [5, 5.41) is 4.01.